The van der Waals surface area contributed by atoms with Crippen LogP contribution in [-0.2, 0) is 16.4 Å². The number of aliphatic hydroxyl groups excluding tert-OH is 1. The number of pyridine rings is 1. The Morgan fingerprint density at radius 3 is 2.47 bits per heavy atom. The number of nitrogens with one attached hydrogen (secondary N) is 2. The van der Waals surface area contributed by atoms with E-state index >= 15 is 0 Å². The molecular weight excluding hydrogens is 454 g/mol. The molecule has 9 nitrogen and oxygen atoms in total. The van der Waals surface area contributed by atoms with Crippen LogP contribution in [0, 0.1) is 6.92 Å². The Balaban J connectivity index is 1.28. The first-order valence-electron chi connectivity index (χ1n) is 10.7. The van der Waals surface area contributed by atoms with E-state index in [0.717, 1.165) is 17.5 Å². The smallest absolute Gasteiger partial charge is 0.261 e. The van der Waals surface area contributed by atoms with Gasteiger partial charge in [0.1, 0.15) is 0 Å². The molecule has 2 aromatic heterocycles. The van der Waals surface area contributed by atoms with E-state index in [1.54, 1.807) is 49.6 Å². The normalized spacial score (nSPS) is 12.4. The van der Waals surface area contributed by atoms with E-state index in [1.165, 1.54) is 12.1 Å². The minimum atomic E-state index is -3.74. The highest BCUT2D eigenvalue weighted by molar-refractivity contribution is 7.92. The van der Waals surface area contributed by atoms with Gasteiger partial charge in [0.25, 0.3) is 10.0 Å². The summed E-state index contributed by atoms with van der Waals surface area (Å²) in [6, 6.07) is 17.1. The van der Waals surface area contributed by atoms with Gasteiger partial charge >= 0.3 is 0 Å². The molecule has 2 aromatic carbocycles. The van der Waals surface area contributed by atoms with Gasteiger partial charge in [0.15, 0.2) is 0 Å². The molecule has 0 amide bonds. The lowest BCUT2D eigenvalue weighted by atomic mass is 10.1. The summed E-state index contributed by atoms with van der Waals surface area (Å²) in [7, 11) is -3.74. The third-order valence-electron chi connectivity index (χ3n) is 5.15. The zero-order valence-electron chi connectivity index (χ0n) is 18.5. The predicted octanol–water partition coefficient (Wildman–Crippen LogP) is 3.11. The molecule has 0 spiro atoms. The molecule has 0 aliphatic heterocycles. The first-order chi connectivity index (χ1) is 16.4. The molecule has 176 valence electrons. The Morgan fingerprint density at radius 1 is 1.06 bits per heavy atom. The summed E-state index contributed by atoms with van der Waals surface area (Å²) < 4.78 is 33.0. The van der Waals surface area contributed by atoms with Crippen LogP contribution in [0.3, 0.4) is 0 Å². The third kappa shape index (κ3) is 6.04. The fourth-order valence-corrected chi connectivity index (χ4v) is 4.37. The number of aryl methyl sites for hydroxylation is 1. The van der Waals surface area contributed by atoms with Crippen molar-refractivity contribution in [3.8, 4) is 11.4 Å². The second-order valence-electron chi connectivity index (χ2n) is 7.72. The number of hydrogen-bond donors (Lipinski definition) is 3. The van der Waals surface area contributed by atoms with Crippen LogP contribution in [0.25, 0.3) is 11.4 Å². The van der Waals surface area contributed by atoms with Gasteiger partial charge in [0.05, 0.1) is 11.0 Å². The van der Waals surface area contributed by atoms with E-state index in [9.17, 15) is 13.5 Å². The minimum absolute atomic E-state index is 0.136. The Kier molecular flexibility index (Phi) is 7.31. The Morgan fingerprint density at radius 2 is 1.82 bits per heavy atom. The Bertz CT molecular complexity index is 1310. The average molecular weight is 480 g/mol. The highest BCUT2D eigenvalue weighted by atomic mass is 32.2. The highest BCUT2D eigenvalue weighted by Crippen LogP contribution is 2.21. The van der Waals surface area contributed by atoms with Crippen LogP contribution in [0.5, 0.6) is 0 Å². The van der Waals surface area contributed by atoms with Crippen molar-refractivity contribution in [3.63, 3.8) is 0 Å². The first-order valence-corrected chi connectivity index (χ1v) is 12.2. The monoisotopic (exact) mass is 479 g/mol. The molecule has 0 unspecified atom stereocenters. The van der Waals surface area contributed by atoms with Crippen molar-refractivity contribution in [2.75, 3.05) is 17.8 Å². The minimum Gasteiger partial charge on any atom is -0.387 e. The summed E-state index contributed by atoms with van der Waals surface area (Å²) in [4.78, 5) is 8.28. The van der Waals surface area contributed by atoms with Gasteiger partial charge in [0.2, 0.25) is 11.7 Å². The summed E-state index contributed by atoms with van der Waals surface area (Å²) in [6.45, 7) is 2.79. The molecular formula is C24H25N5O4S. The lowest BCUT2D eigenvalue weighted by Crippen LogP contribution is -2.23. The molecule has 34 heavy (non-hydrogen) atoms. The summed E-state index contributed by atoms with van der Waals surface area (Å²) in [5.41, 5.74) is 2.96. The molecule has 2 heterocycles. The molecule has 0 saturated heterocycles. The van der Waals surface area contributed by atoms with Crippen molar-refractivity contribution >= 4 is 15.7 Å². The van der Waals surface area contributed by atoms with Gasteiger partial charge in [-0.1, -0.05) is 23.4 Å². The molecule has 10 heteroatoms. The van der Waals surface area contributed by atoms with Gasteiger partial charge in [0, 0.05) is 42.7 Å². The molecule has 0 fully saturated rings. The highest BCUT2D eigenvalue weighted by Gasteiger charge is 2.15. The number of aromatic nitrogens is 3. The maximum Gasteiger partial charge on any atom is 0.261 e. The van der Waals surface area contributed by atoms with Crippen LogP contribution >= 0.6 is 0 Å². The largest absolute Gasteiger partial charge is 0.387 e. The van der Waals surface area contributed by atoms with Crippen LogP contribution in [0.4, 0.5) is 5.69 Å². The molecule has 4 aromatic rings. The summed E-state index contributed by atoms with van der Waals surface area (Å²) in [5.74, 6) is 0.848. The Labute approximate surface area is 197 Å². The lowest BCUT2D eigenvalue weighted by Gasteiger charge is -2.12. The van der Waals surface area contributed by atoms with E-state index < -0.39 is 16.1 Å². The standard InChI is InChI=1S/C24H25N5O4S/c1-17-27-24(28-33-17)19-6-10-22(11-7-19)34(31,32)29-21-8-4-18(5-9-21)12-14-26-16-23(30)20-3-2-13-25-15-20/h2-11,13,15,23,26,29-30H,12,14,16H2,1H3/t23-/m0/s1. The van der Waals surface area contributed by atoms with Gasteiger partial charge in [-0.2, -0.15) is 4.98 Å². The van der Waals surface area contributed by atoms with Crippen LogP contribution in [0.2, 0.25) is 0 Å². The number of aliphatic hydroxyl groups is 1. The second-order valence-corrected chi connectivity index (χ2v) is 9.40. The molecule has 0 aliphatic carbocycles. The second kappa shape index (κ2) is 10.6. The number of benzene rings is 2. The molecule has 0 aliphatic rings. The fraction of sp³-hybridized carbons (Fsp3) is 0.208. The summed E-state index contributed by atoms with van der Waals surface area (Å²) in [5, 5.41) is 17.2. The number of hydrogen-bond acceptors (Lipinski definition) is 8. The maximum absolute atomic E-state index is 12.7. The van der Waals surface area contributed by atoms with E-state index in [0.29, 0.717) is 36.1 Å². The van der Waals surface area contributed by atoms with Gasteiger partial charge in [-0.15, -0.1) is 0 Å². The maximum atomic E-state index is 12.7. The first kappa shape index (κ1) is 23.6. The summed E-state index contributed by atoms with van der Waals surface area (Å²) in [6.07, 6.45) is 3.44. The third-order valence-corrected chi connectivity index (χ3v) is 6.55. The molecule has 1 atom stereocenters. The fourth-order valence-electron chi connectivity index (χ4n) is 3.32. The van der Waals surface area contributed by atoms with E-state index in [-0.39, 0.29) is 4.90 Å². The SMILES string of the molecule is Cc1nc(-c2ccc(S(=O)(=O)Nc3ccc(CCNC[C@H](O)c4cccnc4)cc3)cc2)no1. The Hall–Kier alpha value is -3.60. The van der Waals surface area contributed by atoms with Gasteiger partial charge in [-0.25, -0.2) is 8.42 Å². The van der Waals surface area contributed by atoms with E-state index in [4.69, 9.17) is 4.52 Å². The number of rotatable bonds is 10. The van der Waals surface area contributed by atoms with E-state index in [1.807, 2.05) is 18.2 Å². The number of anilines is 1. The molecule has 0 bridgehead atoms. The topological polar surface area (TPSA) is 130 Å². The van der Waals surface area contributed by atoms with Gasteiger partial charge in [-0.3, -0.25) is 9.71 Å². The molecule has 3 N–H and O–H groups in total. The van der Waals surface area contributed by atoms with Crippen LogP contribution < -0.4 is 10.0 Å². The predicted molar refractivity (Wildman–Crippen MR) is 127 cm³/mol. The molecule has 4 rings (SSSR count). The van der Waals surface area contributed by atoms with Gasteiger partial charge < -0.3 is 14.9 Å². The average Bonchev–Trinajstić information content (AvgIpc) is 3.29. The number of nitrogens with zero attached hydrogens (tertiary/aromatic N) is 3. The van der Waals surface area contributed by atoms with Gasteiger partial charge in [-0.05, 0) is 61.0 Å². The van der Waals surface area contributed by atoms with Crippen molar-refractivity contribution in [2.24, 2.45) is 0 Å². The van der Waals surface area contributed by atoms with Crippen LogP contribution in [0.15, 0.2) is 82.5 Å². The zero-order valence-corrected chi connectivity index (χ0v) is 19.4. The van der Waals surface area contributed by atoms with Crippen molar-refractivity contribution in [1.82, 2.24) is 20.4 Å². The van der Waals surface area contributed by atoms with Crippen molar-refractivity contribution in [3.05, 3.63) is 90.1 Å². The van der Waals surface area contributed by atoms with Crippen molar-refractivity contribution in [1.29, 1.82) is 0 Å². The number of sulfonamides is 1. The lowest BCUT2D eigenvalue weighted by molar-refractivity contribution is 0.174. The summed E-state index contributed by atoms with van der Waals surface area (Å²) >= 11 is 0. The molecule has 0 radical (unpaired) electrons. The van der Waals surface area contributed by atoms with E-state index in [2.05, 4.69) is 25.2 Å². The molecule has 0 saturated carbocycles. The van der Waals surface area contributed by atoms with Crippen LogP contribution in [0.1, 0.15) is 23.1 Å². The zero-order chi connectivity index (χ0) is 24.0. The van der Waals surface area contributed by atoms with Crippen LogP contribution in [-0.4, -0.2) is 41.7 Å². The quantitative estimate of drug-likeness (QED) is 0.296. The van der Waals surface area contributed by atoms with Crippen molar-refractivity contribution in [2.45, 2.75) is 24.3 Å². The van der Waals surface area contributed by atoms with Crippen molar-refractivity contribution < 1.29 is 18.0 Å².